The summed E-state index contributed by atoms with van der Waals surface area (Å²) in [7, 11) is 0. The second-order valence-corrected chi connectivity index (χ2v) is 6.81. The van der Waals surface area contributed by atoms with Gasteiger partial charge in [0.15, 0.2) is 16.6 Å². The number of fused-ring (bicyclic) bond motifs is 1. The minimum Gasteiger partial charge on any atom is -0.357 e. The number of nitrogens with one attached hydrogen (secondary N) is 2. The van der Waals surface area contributed by atoms with E-state index in [-0.39, 0.29) is 30.5 Å². The Kier molecular flexibility index (Phi) is 7.23. The van der Waals surface area contributed by atoms with Crippen molar-refractivity contribution in [3.63, 3.8) is 0 Å². The van der Waals surface area contributed by atoms with E-state index in [1.165, 1.54) is 11.3 Å². The quantitative estimate of drug-likeness (QED) is 0.308. The van der Waals surface area contributed by atoms with Crippen LogP contribution in [0.15, 0.2) is 28.1 Å². The van der Waals surface area contributed by atoms with Gasteiger partial charge in [-0.3, -0.25) is 4.40 Å². The fraction of sp³-hybridized carbons (Fsp3) is 0.357. The summed E-state index contributed by atoms with van der Waals surface area (Å²) in [4.78, 5) is 13.3. The van der Waals surface area contributed by atoms with Gasteiger partial charge in [0.05, 0.1) is 18.8 Å². The third-order valence-electron chi connectivity index (χ3n) is 3.14. The molecular weight excluding hydrogens is 500 g/mol. The number of nitrogens with zero attached hydrogens (tertiary/aromatic N) is 4. The minimum absolute atomic E-state index is 0. The number of thiazole rings is 2. The normalized spacial score (nSPS) is 12.2. The topological polar surface area (TPSA) is 66.6 Å². The van der Waals surface area contributed by atoms with Gasteiger partial charge in [0, 0.05) is 29.7 Å². The van der Waals surface area contributed by atoms with Crippen LogP contribution in [0.25, 0.3) is 4.96 Å². The molecule has 0 radical (unpaired) electrons. The standard InChI is InChI=1S/C14H15F3N6S2.HI/c1-2-18-12(19-5-9-7-23-3-4-24-13(23)21-9)20-6-11-22-10(8-25-11)14(15,16)17;/h3-4,7-8H,2,5-6H2,1H3,(H2,18,19,20);1H. The number of hydrogen-bond acceptors (Lipinski definition) is 5. The molecule has 0 saturated heterocycles. The third-order valence-corrected chi connectivity index (χ3v) is 4.76. The van der Waals surface area contributed by atoms with E-state index in [0.717, 1.165) is 27.4 Å². The summed E-state index contributed by atoms with van der Waals surface area (Å²) >= 11 is 2.50. The highest BCUT2D eigenvalue weighted by Crippen LogP contribution is 2.29. The van der Waals surface area contributed by atoms with E-state index in [2.05, 4.69) is 25.6 Å². The number of halogens is 4. The van der Waals surface area contributed by atoms with Gasteiger partial charge in [-0.1, -0.05) is 0 Å². The number of guanidine groups is 1. The molecule has 0 fully saturated rings. The Morgan fingerprint density at radius 2 is 2.08 bits per heavy atom. The van der Waals surface area contributed by atoms with Gasteiger partial charge in [-0.15, -0.1) is 46.7 Å². The van der Waals surface area contributed by atoms with Crippen molar-refractivity contribution in [2.75, 3.05) is 6.54 Å². The van der Waals surface area contributed by atoms with Crippen molar-refractivity contribution in [3.8, 4) is 0 Å². The third kappa shape index (κ3) is 5.30. The maximum absolute atomic E-state index is 12.6. The summed E-state index contributed by atoms with van der Waals surface area (Å²) in [6.45, 7) is 3.09. The average Bonchev–Trinajstić information content (AvgIpc) is 3.24. The molecule has 0 aliphatic rings. The van der Waals surface area contributed by atoms with Crippen LogP contribution in [0.2, 0.25) is 0 Å². The van der Waals surface area contributed by atoms with Crippen molar-refractivity contribution in [2.24, 2.45) is 4.99 Å². The second-order valence-electron chi connectivity index (χ2n) is 5.00. The molecule has 3 heterocycles. The van der Waals surface area contributed by atoms with Gasteiger partial charge < -0.3 is 10.6 Å². The van der Waals surface area contributed by atoms with Crippen molar-refractivity contribution in [1.82, 2.24) is 25.0 Å². The lowest BCUT2D eigenvalue weighted by Gasteiger charge is -2.09. The van der Waals surface area contributed by atoms with Gasteiger partial charge >= 0.3 is 6.18 Å². The molecule has 0 amide bonds. The van der Waals surface area contributed by atoms with E-state index in [9.17, 15) is 13.2 Å². The van der Waals surface area contributed by atoms with Crippen LogP contribution in [0.5, 0.6) is 0 Å². The Labute approximate surface area is 172 Å². The molecule has 3 rings (SSSR count). The molecule has 0 aliphatic heterocycles. The molecule has 2 N–H and O–H groups in total. The Morgan fingerprint density at radius 3 is 2.73 bits per heavy atom. The number of imidazole rings is 1. The zero-order valence-corrected chi connectivity index (χ0v) is 17.5. The van der Waals surface area contributed by atoms with Crippen LogP contribution in [0.3, 0.4) is 0 Å². The maximum Gasteiger partial charge on any atom is 0.434 e. The first-order valence-corrected chi connectivity index (χ1v) is 9.16. The largest absolute Gasteiger partial charge is 0.434 e. The van der Waals surface area contributed by atoms with Crippen LogP contribution in [-0.4, -0.2) is 26.9 Å². The highest BCUT2D eigenvalue weighted by Gasteiger charge is 2.33. The van der Waals surface area contributed by atoms with Gasteiger partial charge in [0.1, 0.15) is 5.01 Å². The zero-order valence-electron chi connectivity index (χ0n) is 13.6. The molecule has 0 atom stereocenters. The van der Waals surface area contributed by atoms with E-state index >= 15 is 0 Å². The van der Waals surface area contributed by atoms with Crippen LogP contribution in [0.4, 0.5) is 13.2 Å². The highest BCUT2D eigenvalue weighted by atomic mass is 127. The Bertz CT molecular complexity index is 841. The molecule has 12 heteroatoms. The van der Waals surface area contributed by atoms with E-state index in [1.807, 2.05) is 29.1 Å². The lowest BCUT2D eigenvalue weighted by Crippen LogP contribution is -2.36. The molecule has 0 saturated carbocycles. The first-order chi connectivity index (χ1) is 12.0. The molecule has 0 aromatic carbocycles. The van der Waals surface area contributed by atoms with Crippen LogP contribution in [0.1, 0.15) is 23.3 Å². The first kappa shape index (κ1) is 20.9. The zero-order chi connectivity index (χ0) is 17.9. The van der Waals surface area contributed by atoms with Gasteiger partial charge in [-0.25, -0.2) is 15.0 Å². The predicted molar refractivity (Wildman–Crippen MR) is 107 cm³/mol. The Morgan fingerprint density at radius 1 is 1.27 bits per heavy atom. The molecule has 0 bridgehead atoms. The molecule has 26 heavy (non-hydrogen) atoms. The monoisotopic (exact) mass is 516 g/mol. The number of alkyl halides is 3. The summed E-state index contributed by atoms with van der Waals surface area (Å²) in [5.74, 6) is 0.502. The van der Waals surface area contributed by atoms with Crippen LogP contribution < -0.4 is 10.6 Å². The fourth-order valence-electron chi connectivity index (χ4n) is 2.04. The Balaban J connectivity index is 0.00000243. The van der Waals surface area contributed by atoms with E-state index in [0.29, 0.717) is 24.1 Å². The minimum atomic E-state index is -4.42. The number of aromatic nitrogens is 3. The van der Waals surface area contributed by atoms with Gasteiger partial charge in [0.2, 0.25) is 0 Å². The van der Waals surface area contributed by atoms with Crippen molar-refractivity contribution >= 4 is 57.6 Å². The number of rotatable bonds is 5. The molecule has 3 aromatic rings. The summed E-state index contributed by atoms with van der Waals surface area (Å²) < 4.78 is 39.6. The smallest absolute Gasteiger partial charge is 0.357 e. The van der Waals surface area contributed by atoms with Gasteiger partial charge in [0.25, 0.3) is 0 Å². The van der Waals surface area contributed by atoms with Crippen molar-refractivity contribution < 1.29 is 13.2 Å². The molecule has 6 nitrogen and oxygen atoms in total. The lowest BCUT2D eigenvalue weighted by molar-refractivity contribution is -0.140. The lowest BCUT2D eigenvalue weighted by atomic mass is 10.5. The number of hydrogen-bond donors (Lipinski definition) is 2. The van der Waals surface area contributed by atoms with E-state index in [4.69, 9.17) is 0 Å². The van der Waals surface area contributed by atoms with Gasteiger partial charge in [-0.05, 0) is 6.92 Å². The predicted octanol–water partition coefficient (Wildman–Crippen LogP) is 3.74. The van der Waals surface area contributed by atoms with Gasteiger partial charge in [-0.2, -0.15) is 13.2 Å². The van der Waals surface area contributed by atoms with E-state index < -0.39 is 11.9 Å². The van der Waals surface area contributed by atoms with E-state index in [1.54, 1.807) is 0 Å². The molecular formula is C14H16F3IN6S2. The van der Waals surface area contributed by atoms with Crippen molar-refractivity contribution in [2.45, 2.75) is 26.2 Å². The average molecular weight is 516 g/mol. The molecule has 0 aliphatic carbocycles. The SMILES string of the molecule is CCNC(=NCc1cn2ccsc2n1)NCc1nc(C(F)(F)F)cs1.I. The van der Waals surface area contributed by atoms with Crippen LogP contribution in [0, 0.1) is 0 Å². The molecule has 3 aromatic heterocycles. The summed E-state index contributed by atoms with van der Waals surface area (Å²) in [5, 5.41) is 9.35. The molecule has 0 spiro atoms. The summed E-state index contributed by atoms with van der Waals surface area (Å²) in [5.41, 5.74) is -0.0491. The summed E-state index contributed by atoms with van der Waals surface area (Å²) in [6.07, 6.45) is -0.596. The first-order valence-electron chi connectivity index (χ1n) is 7.40. The maximum atomic E-state index is 12.6. The number of aliphatic imine (C=N–C) groups is 1. The van der Waals surface area contributed by atoms with Crippen molar-refractivity contribution in [1.29, 1.82) is 0 Å². The Hall–Kier alpha value is -1.41. The summed E-state index contributed by atoms with van der Waals surface area (Å²) in [6, 6.07) is 0. The highest BCUT2D eigenvalue weighted by molar-refractivity contribution is 14.0. The van der Waals surface area contributed by atoms with Crippen molar-refractivity contribution in [3.05, 3.63) is 39.5 Å². The molecule has 142 valence electrons. The van der Waals surface area contributed by atoms with Crippen LogP contribution in [-0.2, 0) is 19.3 Å². The second kappa shape index (κ2) is 8.99. The van der Waals surface area contributed by atoms with Crippen LogP contribution >= 0.6 is 46.7 Å². The molecule has 0 unspecified atom stereocenters. The fourth-order valence-corrected chi connectivity index (χ4v) is 3.50.